The van der Waals surface area contributed by atoms with E-state index in [4.69, 9.17) is 46.4 Å². The minimum absolute atomic E-state index is 0.0144. The summed E-state index contributed by atoms with van der Waals surface area (Å²) in [5.41, 5.74) is -5.31. The summed E-state index contributed by atoms with van der Waals surface area (Å²) in [6.45, 7) is 19.0. The van der Waals surface area contributed by atoms with Gasteiger partial charge < -0.3 is 22.8 Å². The van der Waals surface area contributed by atoms with Crippen molar-refractivity contribution in [1.82, 2.24) is 0 Å². The van der Waals surface area contributed by atoms with E-state index in [-0.39, 0.29) is 36.8 Å². The second-order valence-electron chi connectivity index (χ2n) is 9.96. The van der Waals surface area contributed by atoms with Gasteiger partial charge in [0.15, 0.2) is 0 Å². The van der Waals surface area contributed by atoms with Crippen molar-refractivity contribution in [3.05, 3.63) is 0 Å². The Labute approximate surface area is 249 Å². The van der Waals surface area contributed by atoms with Crippen LogP contribution in [0.2, 0.25) is 0 Å². The van der Waals surface area contributed by atoms with Gasteiger partial charge in [0.25, 0.3) is 0 Å². The van der Waals surface area contributed by atoms with Gasteiger partial charge in [0, 0.05) is 17.3 Å². The first-order valence-electron chi connectivity index (χ1n) is 13.0. The molecule has 0 aromatic carbocycles. The molecule has 0 aliphatic rings. The van der Waals surface area contributed by atoms with Crippen LogP contribution in [-0.2, 0) is 51.2 Å². The molecule has 0 aromatic heterocycles. The van der Waals surface area contributed by atoms with Crippen molar-refractivity contribution < 1.29 is 27.6 Å². The Kier molecular flexibility index (Phi) is 21.4. The van der Waals surface area contributed by atoms with Crippen molar-refractivity contribution >= 4 is 75.5 Å². The Hall–Kier alpha value is 1.66. The van der Waals surface area contributed by atoms with Gasteiger partial charge in [-0.15, -0.1) is 0 Å². The van der Waals surface area contributed by atoms with Crippen molar-refractivity contribution in [1.29, 1.82) is 0 Å². The minimum atomic E-state index is -2.70. The van der Waals surface area contributed by atoms with Gasteiger partial charge in [0.1, 0.15) is 0 Å². The zero-order valence-corrected chi connectivity index (χ0v) is 30.2. The maximum absolute atomic E-state index is 11.8. The van der Waals surface area contributed by atoms with Gasteiger partial charge in [-0.2, -0.15) is 11.8 Å². The van der Waals surface area contributed by atoms with Crippen LogP contribution in [0.5, 0.6) is 0 Å². The summed E-state index contributed by atoms with van der Waals surface area (Å²) < 4.78 is 30.5. The van der Waals surface area contributed by atoms with E-state index in [1.165, 1.54) is 22.8 Å². The molecule has 5 unspecified atom stereocenters. The average molecular weight is 657 g/mol. The van der Waals surface area contributed by atoms with Crippen LogP contribution >= 0.6 is 45.9 Å². The summed E-state index contributed by atoms with van der Waals surface area (Å²) in [6.07, 6.45) is 3.90. The third-order valence-electron chi connectivity index (χ3n) is 4.57. The molecule has 0 aliphatic heterocycles. The average Bonchev–Trinajstić information content (AvgIpc) is 2.71. The zero-order chi connectivity index (χ0) is 28.6. The van der Waals surface area contributed by atoms with E-state index < -0.39 is 11.4 Å². The van der Waals surface area contributed by atoms with Crippen LogP contribution in [0, 0.1) is 11.8 Å². The number of rotatable bonds is 22. The third kappa shape index (κ3) is 20.2. The van der Waals surface area contributed by atoms with Crippen molar-refractivity contribution in [2.45, 2.75) is 106 Å². The smallest absolute Gasteiger partial charge is 0.306 e. The van der Waals surface area contributed by atoms with Crippen molar-refractivity contribution in [3.8, 4) is 0 Å². The third-order valence-corrected chi connectivity index (χ3v) is 16.3. The first-order valence-corrected chi connectivity index (χ1v) is 22.9. The van der Waals surface area contributed by atoms with E-state index in [0.717, 1.165) is 18.6 Å². The van der Waals surface area contributed by atoms with Crippen LogP contribution in [0.25, 0.3) is 0 Å². The van der Waals surface area contributed by atoms with E-state index in [1.807, 2.05) is 20.1 Å². The minimum Gasteiger partial charge on any atom is -0.466 e. The molecular weight excluding hydrogens is 607 g/mol. The number of hydrogen-bond acceptors (Lipinski definition) is 11. The van der Waals surface area contributed by atoms with Gasteiger partial charge in [0.05, 0.1) is 37.4 Å². The fourth-order valence-corrected chi connectivity index (χ4v) is 15.1. The van der Waals surface area contributed by atoms with Gasteiger partial charge in [-0.3, -0.25) is 4.79 Å². The van der Waals surface area contributed by atoms with Crippen LogP contribution in [0.3, 0.4) is 0 Å². The summed E-state index contributed by atoms with van der Waals surface area (Å²) in [7, 11) is 0. The molecule has 0 amide bonds. The number of carbonyl (C=O) groups is 1. The number of ether oxygens (including phenoxy) is 1. The predicted molar refractivity (Wildman–Crippen MR) is 174 cm³/mol. The maximum Gasteiger partial charge on any atom is 0.306 e. The number of esters is 1. The van der Waals surface area contributed by atoms with Gasteiger partial charge >= 0.3 is 5.97 Å². The molecule has 0 radical (unpaired) electrons. The highest BCUT2D eigenvalue weighted by molar-refractivity contribution is 8.68. The lowest BCUT2D eigenvalue weighted by atomic mass is 10.1. The molecule has 0 heterocycles. The number of carbonyl (C=O) groups excluding carboxylic acids is 1. The van der Waals surface area contributed by atoms with Crippen molar-refractivity contribution in [2.24, 2.45) is 11.8 Å². The standard InChI is InChI=1S/C24H50O6P2S5/c1-11-26-24(25)12-13-36-31(33,29-22(8)16-35-10)30-23(9)17-37-32(34,27-20(6)14-18(2)3)28-21(7)15-19(4)5/h18-23H,11-17H2,1-10H3. The summed E-state index contributed by atoms with van der Waals surface area (Å²) in [4.78, 5) is 11.8. The van der Waals surface area contributed by atoms with Gasteiger partial charge in [-0.05, 0) is 89.2 Å². The summed E-state index contributed by atoms with van der Waals surface area (Å²) in [6, 6.07) is 0. The van der Waals surface area contributed by atoms with Crippen molar-refractivity contribution in [2.75, 3.05) is 30.1 Å². The second-order valence-corrected chi connectivity index (χ2v) is 23.5. The fourth-order valence-electron chi connectivity index (χ4n) is 3.43. The van der Waals surface area contributed by atoms with Gasteiger partial charge in [-0.1, -0.05) is 50.5 Å². The fraction of sp³-hybridized carbons (Fsp3) is 0.958. The lowest BCUT2D eigenvalue weighted by Gasteiger charge is -2.31. The molecule has 0 fully saturated rings. The van der Waals surface area contributed by atoms with E-state index in [2.05, 4.69) is 41.5 Å². The maximum atomic E-state index is 11.8. The second kappa shape index (κ2) is 20.5. The van der Waals surface area contributed by atoms with Crippen LogP contribution < -0.4 is 0 Å². The summed E-state index contributed by atoms with van der Waals surface area (Å²) in [5, 5.41) is 0. The Balaban J connectivity index is 5.37. The molecule has 0 bridgehead atoms. The molecule has 0 saturated carbocycles. The monoisotopic (exact) mass is 656 g/mol. The van der Waals surface area contributed by atoms with E-state index in [9.17, 15) is 4.79 Å². The SMILES string of the molecule is CCOC(=O)CCSP(=S)(OC(C)CSC)OC(C)CSP(=S)(OC(C)CC(C)C)OC(C)CC(C)C. The van der Waals surface area contributed by atoms with Crippen LogP contribution in [0.1, 0.15) is 81.6 Å². The molecule has 13 heteroatoms. The largest absolute Gasteiger partial charge is 0.466 e. The van der Waals surface area contributed by atoms with Gasteiger partial charge in [-0.25, -0.2) is 0 Å². The highest BCUT2D eigenvalue weighted by atomic mass is 32.9. The summed E-state index contributed by atoms with van der Waals surface area (Å²) in [5.74, 6) is 2.67. The highest BCUT2D eigenvalue weighted by Gasteiger charge is 2.30. The zero-order valence-electron chi connectivity index (χ0n) is 24.3. The molecule has 0 N–H and O–H groups in total. The van der Waals surface area contributed by atoms with E-state index in [1.54, 1.807) is 18.7 Å². The molecule has 222 valence electrons. The van der Waals surface area contributed by atoms with Crippen molar-refractivity contribution in [3.63, 3.8) is 0 Å². The topological polar surface area (TPSA) is 63.2 Å². The number of hydrogen-bond donors (Lipinski definition) is 0. The Morgan fingerprint density at radius 1 is 0.730 bits per heavy atom. The molecule has 5 atom stereocenters. The van der Waals surface area contributed by atoms with Gasteiger partial charge in [0.2, 0.25) is 11.4 Å². The van der Waals surface area contributed by atoms with E-state index in [0.29, 0.717) is 29.9 Å². The predicted octanol–water partition coefficient (Wildman–Crippen LogP) is 8.93. The Bertz CT molecular complexity index is 706. The molecule has 6 nitrogen and oxygen atoms in total. The first kappa shape index (κ1) is 38.7. The molecule has 0 aliphatic carbocycles. The van der Waals surface area contributed by atoms with E-state index >= 15 is 0 Å². The first-order chi connectivity index (χ1) is 17.1. The molecule has 0 saturated heterocycles. The lowest BCUT2D eigenvalue weighted by molar-refractivity contribution is -0.142. The molecular formula is C24H50O6P2S5. The quantitative estimate of drug-likeness (QED) is 0.0829. The normalized spacial score (nSPS) is 18.7. The summed E-state index contributed by atoms with van der Waals surface area (Å²) >= 11 is 16.6. The Morgan fingerprint density at radius 3 is 1.59 bits per heavy atom. The molecule has 37 heavy (non-hydrogen) atoms. The highest BCUT2D eigenvalue weighted by Crippen LogP contribution is 2.66. The van der Waals surface area contributed by atoms with Crippen LogP contribution in [-0.4, -0.2) is 60.5 Å². The molecule has 0 aromatic rings. The van der Waals surface area contributed by atoms with Crippen LogP contribution in [0.15, 0.2) is 0 Å². The van der Waals surface area contributed by atoms with Crippen LogP contribution in [0.4, 0.5) is 0 Å². The Morgan fingerprint density at radius 2 is 1.16 bits per heavy atom. The number of thioether (sulfide) groups is 1. The molecule has 0 spiro atoms. The lowest BCUT2D eigenvalue weighted by Crippen LogP contribution is -2.17. The molecule has 0 rings (SSSR count).